The molecule has 3 aromatic carbocycles. The number of esters is 1. The van der Waals surface area contributed by atoms with Crippen molar-refractivity contribution in [2.24, 2.45) is 16.6 Å². The van der Waals surface area contributed by atoms with Crippen LogP contribution in [0.25, 0.3) is 0 Å². The molecule has 0 saturated heterocycles. The van der Waals surface area contributed by atoms with Gasteiger partial charge in [0.2, 0.25) is 11.9 Å². The minimum absolute atomic E-state index is 0.0539. The van der Waals surface area contributed by atoms with E-state index in [1.165, 1.54) is 42.2 Å². The van der Waals surface area contributed by atoms with Crippen LogP contribution in [0.5, 0.6) is 0 Å². The lowest BCUT2D eigenvalue weighted by molar-refractivity contribution is -0.143. The van der Waals surface area contributed by atoms with Gasteiger partial charge < -0.3 is 21.1 Å². The number of rotatable bonds is 10. The van der Waals surface area contributed by atoms with E-state index in [9.17, 15) is 18.0 Å². The van der Waals surface area contributed by atoms with Gasteiger partial charge in [-0.25, -0.2) is 0 Å². The van der Waals surface area contributed by atoms with Crippen LogP contribution < -0.4 is 20.8 Å². The molecule has 4 N–H and O–H groups in total. The van der Waals surface area contributed by atoms with Gasteiger partial charge in [0.15, 0.2) is 0 Å². The van der Waals surface area contributed by atoms with Crippen molar-refractivity contribution in [1.29, 1.82) is 0 Å². The van der Waals surface area contributed by atoms with E-state index in [-0.39, 0.29) is 28.6 Å². The number of hydrogen-bond acceptors (Lipinski definition) is 6. The Balaban J connectivity index is 2.20. The molecule has 10 nitrogen and oxygen atoms in total. The van der Waals surface area contributed by atoms with Crippen LogP contribution in [0, 0.1) is 0 Å². The van der Waals surface area contributed by atoms with E-state index in [1.807, 2.05) is 0 Å². The molecule has 0 radical (unpaired) electrons. The van der Waals surface area contributed by atoms with Crippen molar-refractivity contribution in [2.75, 3.05) is 15.9 Å². The highest BCUT2D eigenvalue weighted by molar-refractivity contribution is 7.92. The maximum atomic E-state index is 13.5. The number of hydrazone groups is 1. The van der Waals surface area contributed by atoms with E-state index >= 15 is 0 Å². The number of benzene rings is 3. The van der Waals surface area contributed by atoms with Crippen molar-refractivity contribution in [3.05, 3.63) is 88.4 Å². The maximum absolute atomic E-state index is 13.5. The summed E-state index contributed by atoms with van der Waals surface area (Å²) in [6, 6.07) is 17.4. The summed E-state index contributed by atoms with van der Waals surface area (Å²) in [4.78, 5) is 26.9. The highest BCUT2D eigenvalue weighted by Gasteiger charge is 2.31. The molecule has 0 spiro atoms. The van der Waals surface area contributed by atoms with Gasteiger partial charge in [0.05, 0.1) is 40.4 Å². The average Bonchev–Trinajstić information content (AvgIpc) is 2.88. The molecule has 0 bridgehead atoms. The first-order valence-electron chi connectivity index (χ1n) is 11.7. The summed E-state index contributed by atoms with van der Waals surface area (Å²) in [5, 5.41) is 4.39. The van der Waals surface area contributed by atoms with E-state index in [0.717, 1.165) is 0 Å². The normalized spacial score (nSPS) is 11.8. The number of amides is 1. The van der Waals surface area contributed by atoms with Gasteiger partial charge in [0.1, 0.15) is 0 Å². The fraction of sp³-hybridized carbons (Fsp3) is 0.192. The fourth-order valence-corrected chi connectivity index (χ4v) is 5.66. The predicted octanol–water partition coefficient (Wildman–Crippen LogP) is 4.42. The number of nitrogens with zero attached hydrogens (tertiary/aromatic N) is 3. The number of ether oxygens (including phenoxy) is 1. The lowest BCUT2D eigenvalue weighted by atomic mass is 10.00. The smallest absolute Gasteiger partial charge is 0.308 e. The van der Waals surface area contributed by atoms with Crippen molar-refractivity contribution in [3.8, 4) is 0 Å². The van der Waals surface area contributed by atoms with Crippen molar-refractivity contribution in [1.82, 2.24) is 0 Å². The third kappa shape index (κ3) is 7.20. The summed E-state index contributed by atoms with van der Waals surface area (Å²) < 4.78 is 32.8. The van der Waals surface area contributed by atoms with Crippen LogP contribution in [-0.4, -0.2) is 32.9 Å². The van der Waals surface area contributed by atoms with Crippen LogP contribution >= 0.6 is 23.2 Å². The summed E-state index contributed by atoms with van der Waals surface area (Å²) in [7, 11) is -4.25. The molecule has 0 fully saturated rings. The number of anilines is 2. The predicted molar refractivity (Wildman–Crippen MR) is 152 cm³/mol. The molecule has 1 unspecified atom stereocenters. The lowest BCUT2D eigenvalue weighted by Crippen LogP contribution is -2.35. The molecule has 1 amide bonds. The van der Waals surface area contributed by atoms with Crippen molar-refractivity contribution in [2.45, 2.75) is 31.2 Å². The molecule has 0 aliphatic carbocycles. The second-order valence-electron chi connectivity index (χ2n) is 8.19. The third-order valence-electron chi connectivity index (χ3n) is 5.44. The van der Waals surface area contributed by atoms with Crippen LogP contribution in [0.3, 0.4) is 0 Å². The largest absolute Gasteiger partial charge is 0.466 e. The second-order valence-corrected chi connectivity index (χ2v) is 10.8. The molecule has 13 heteroatoms. The van der Waals surface area contributed by atoms with Crippen LogP contribution in [-0.2, 0) is 24.3 Å². The second kappa shape index (κ2) is 12.8. The quantitative estimate of drug-likeness (QED) is 0.153. The summed E-state index contributed by atoms with van der Waals surface area (Å²) >= 11 is 12.5. The van der Waals surface area contributed by atoms with E-state index < -0.39 is 33.9 Å². The number of guanidine groups is 1. The number of sulfonamides is 1. The number of carbonyl (C=O) groups is 2. The summed E-state index contributed by atoms with van der Waals surface area (Å²) in [5.74, 6) is -1.51. The first-order valence-corrected chi connectivity index (χ1v) is 13.9. The number of carbonyl (C=O) groups excluding carboxylic acids is 2. The Bertz CT molecular complexity index is 1480. The molecule has 0 saturated carbocycles. The van der Waals surface area contributed by atoms with Gasteiger partial charge in [-0.3, -0.25) is 9.59 Å². The van der Waals surface area contributed by atoms with Gasteiger partial charge in [0.25, 0.3) is 10.0 Å². The number of halogens is 2. The third-order valence-corrected chi connectivity index (χ3v) is 7.59. The number of nitrogens with two attached hydrogens (primary N) is 2. The van der Waals surface area contributed by atoms with Crippen LogP contribution in [0.2, 0.25) is 10.0 Å². The summed E-state index contributed by atoms with van der Waals surface area (Å²) in [5.41, 5.74) is 11.9. The maximum Gasteiger partial charge on any atom is 0.308 e. The minimum Gasteiger partial charge on any atom is -0.466 e. The molecular weight excluding hydrogens is 565 g/mol. The van der Waals surface area contributed by atoms with Crippen LogP contribution in [0.1, 0.15) is 31.9 Å². The van der Waals surface area contributed by atoms with E-state index in [4.69, 9.17) is 39.4 Å². The van der Waals surface area contributed by atoms with E-state index in [1.54, 1.807) is 49.4 Å². The number of hydrogen-bond donors (Lipinski definition) is 2. The molecule has 0 aliphatic rings. The molecule has 0 aliphatic heterocycles. The monoisotopic (exact) mass is 591 g/mol. The molecule has 0 aromatic heterocycles. The van der Waals surface area contributed by atoms with Crippen molar-refractivity contribution >= 4 is 62.4 Å². The molecule has 0 heterocycles. The summed E-state index contributed by atoms with van der Waals surface area (Å²) in [6.07, 6.45) is -0.260. The Kier molecular flexibility index (Phi) is 9.79. The Morgan fingerprint density at radius 2 is 1.69 bits per heavy atom. The van der Waals surface area contributed by atoms with Gasteiger partial charge in [-0.15, -0.1) is 5.10 Å². The Morgan fingerprint density at radius 1 is 1.00 bits per heavy atom. The van der Waals surface area contributed by atoms with Gasteiger partial charge in [-0.2, -0.15) is 12.8 Å². The van der Waals surface area contributed by atoms with Gasteiger partial charge >= 0.3 is 5.97 Å². The Hall–Kier alpha value is -3.80. The first kappa shape index (κ1) is 29.8. The zero-order chi connectivity index (χ0) is 28.7. The molecule has 206 valence electrons. The van der Waals surface area contributed by atoms with Gasteiger partial charge in [-0.05, 0) is 55.0 Å². The van der Waals surface area contributed by atoms with E-state index in [0.29, 0.717) is 20.7 Å². The Labute approximate surface area is 236 Å². The Morgan fingerprint density at radius 3 is 2.28 bits per heavy atom. The van der Waals surface area contributed by atoms with Crippen molar-refractivity contribution in [3.63, 3.8) is 0 Å². The summed E-state index contributed by atoms with van der Waals surface area (Å²) in [6.45, 7) is 3.10. The minimum atomic E-state index is -4.25. The fourth-order valence-electron chi connectivity index (χ4n) is 3.87. The van der Waals surface area contributed by atoms with Crippen LogP contribution in [0.4, 0.5) is 11.4 Å². The van der Waals surface area contributed by atoms with Gasteiger partial charge in [-0.1, -0.05) is 53.5 Å². The first-order chi connectivity index (χ1) is 18.4. The molecular formula is C26H27Cl2N5O5S. The highest BCUT2D eigenvalue weighted by atomic mass is 35.5. The lowest BCUT2D eigenvalue weighted by Gasteiger charge is -2.32. The molecule has 1 atom stereocenters. The van der Waals surface area contributed by atoms with Crippen LogP contribution in [0.15, 0.2) is 82.8 Å². The zero-order valence-corrected chi connectivity index (χ0v) is 23.4. The standard InChI is InChI=1S/C26H27Cl2N5O5S/c1-3-38-25(35)16-24(32(17(2)34)23-13-12-19(27)15-22(23)28)18-8-7-9-20(14-18)33(31-26(29)30)39(36,37)21-10-5-4-6-11-21/h4-15,24H,3,16H2,1-2H3,(H4,29,30,31). The van der Waals surface area contributed by atoms with E-state index in [2.05, 4.69) is 5.10 Å². The van der Waals surface area contributed by atoms with Gasteiger partial charge in [0, 0.05) is 11.9 Å². The van der Waals surface area contributed by atoms with Crippen molar-refractivity contribution < 1.29 is 22.7 Å². The topological polar surface area (TPSA) is 148 Å². The SMILES string of the molecule is CCOC(=O)CC(c1cccc(N(N=C(N)N)S(=O)(=O)c2ccccc2)c1)N(C(C)=O)c1ccc(Cl)cc1Cl. The molecule has 3 aromatic rings. The zero-order valence-electron chi connectivity index (χ0n) is 21.1. The highest BCUT2D eigenvalue weighted by Crippen LogP contribution is 2.38. The molecule has 3 rings (SSSR count). The molecule has 39 heavy (non-hydrogen) atoms. The average molecular weight is 593 g/mol.